The van der Waals surface area contributed by atoms with E-state index in [9.17, 15) is 10.2 Å². The molecule has 0 aliphatic rings. The van der Waals surface area contributed by atoms with Crippen LogP contribution in [-0.4, -0.2) is 10.2 Å². The maximum Gasteiger partial charge on any atom is 0.0808 e. The standard InChI is InChI=1S/C28H30N2O2/c29-25(19-7-3-1-4-8-19)17-27(31)23-13-11-22-16-24(14-12-21(22)15-23)28(32)18-26(30)20-9-5-2-6-10-20/h1-16,25-28,31-32H,17-18,29-30H2/t25-,26-,27-,28-/m0/s1. The molecule has 4 rings (SSSR count). The predicted molar refractivity (Wildman–Crippen MR) is 130 cm³/mol. The Balaban J connectivity index is 1.46. The quantitative estimate of drug-likeness (QED) is 0.316. The Kier molecular flexibility index (Phi) is 6.98. The summed E-state index contributed by atoms with van der Waals surface area (Å²) >= 11 is 0. The van der Waals surface area contributed by atoms with Gasteiger partial charge >= 0.3 is 0 Å². The normalized spacial score (nSPS) is 15.2. The molecule has 0 heterocycles. The number of benzene rings is 4. The minimum Gasteiger partial charge on any atom is -0.388 e. The number of hydrogen-bond donors (Lipinski definition) is 4. The highest BCUT2D eigenvalue weighted by molar-refractivity contribution is 5.84. The van der Waals surface area contributed by atoms with E-state index in [1.54, 1.807) is 0 Å². The van der Waals surface area contributed by atoms with Crippen molar-refractivity contribution in [3.8, 4) is 0 Å². The monoisotopic (exact) mass is 426 g/mol. The van der Waals surface area contributed by atoms with Gasteiger partial charge in [0.2, 0.25) is 0 Å². The summed E-state index contributed by atoms with van der Waals surface area (Å²) < 4.78 is 0. The summed E-state index contributed by atoms with van der Waals surface area (Å²) in [5, 5.41) is 23.5. The third kappa shape index (κ3) is 5.23. The predicted octanol–water partition coefficient (Wildman–Crippen LogP) is 5.09. The molecular formula is C28H30N2O2. The summed E-state index contributed by atoms with van der Waals surface area (Å²) in [5.41, 5.74) is 16.3. The first-order valence-corrected chi connectivity index (χ1v) is 11.0. The molecule has 0 bridgehead atoms. The van der Waals surface area contributed by atoms with Crippen LogP contribution in [0, 0.1) is 0 Å². The van der Waals surface area contributed by atoms with Crippen molar-refractivity contribution in [2.24, 2.45) is 11.5 Å². The summed E-state index contributed by atoms with van der Waals surface area (Å²) in [4.78, 5) is 0. The van der Waals surface area contributed by atoms with Gasteiger partial charge in [-0.25, -0.2) is 0 Å². The fraction of sp³-hybridized carbons (Fsp3) is 0.214. The van der Waals surface area contributed by atoms with Gasteiger partial charge in [-0.15, -0.1) is 0 Å². The van der Waals surface area contributed by atoms with E-state index in [2.05, 4.69) is 0 Å². The fourth-order valence-corrected chi connectivity index (χ4v) is 4.12. The van der Waals surface area contributed by atoms with Gasteiger partial charge in [-0.2, -0.15) is 0 Å². The molecule has 0 unspecified atom stereocenters. The van der Waals surface area contributed by atoms with Gasteiger partial charge in [0.15, 0.2) is 0 Å². The van der Waals surface area contributed by atoms with E-state index in [1.165, 1.54) is 0 Å². The molecule has 4 nitrogen and oxygen atoms in total. The van der Waals surface area contributed by atoms with Crippen molar-refractivity contribution >= 4 is 10.8 Å². The zero-order valence-corrected chi connectivity index (χ0v) is 18.0. The van der Waals surface area contributed by atoms with Crippen molar-refractivity contribution in [2.75, 3.05) is 0 Å². The molecule has 0 spiro atoms. The van der Waals surface area contributed by atoms with Gasteiger partial charge in [0.1, 0.15) is 0 Å². The molecule has 4 heteroatoms. The second-order valence-electron chi connectivity index (χ2n) is 8.40. The van der Waals surface area contributed by atoms with Crippen LogP contribution in [-0.2, 0) is 0 Å². The van der Waals surface area contributed by atoms with E-state index >= 15 is 0 Å². The smallest absolute Gasteiger partial charge is 0.0808 e. The molecule has 0 aliphatic heterocycles. The highest BCUT2D eigenvalue weighted by atomic mass is 16.3. The van der Waals surface area contributed by atoms with Crippen molar-refractivity contribution in [2.45, 2.75) is 37.1 Å². The van der Waals surface area contributed by atoms with Crippen LogP contribution in [0.4, 0.5) is 0 Å². The zero-order valence-electron chi connectivity index (χ0n) is 18.0. The molecule has 4 aromatic rings. The molecule has 164 valence electrons. The SMILES string of the molecule is N[C@@H](C[C@H](O)c1ccc2cc([C@@H](O)C[C@H](N)c3ccccc3)ccc2c1)c1ccccc1. The minimum absolute atomic E-state index is 0.228. The lowest BCUT2D eigenvalue weighted by atomic mass is 9.93. The van der Waals surface area contributed by atoms with Gasteiger partial charge in [0.25, 0.3) is 0 Å². The number of rotatable bonds is 8. The molecule has 4 atom stereocenters. The highest BCUT2D eigenvalue weighted by Gasteiger charge is 2.17. The molecule has 0 radical (unpaired) electrons. The van der Waals surface area contributed by atoms with E-state index in [1.807, 2.05) is 97.1 Å². The van der Waals surface area contributed by atoms with Crippen LogP contribution >= 0.6 is 0 Å². The van der Waals surface area contributed by atoms with E-state index in [0.717, 1.165) is 33.0 Å². The fourth-order valence-electron chi connectivity index (χ4n) is 4.12. The molecule has 0 aliphatic carbocycles. The van der Waals surface area contributed by atoms with E-state index < -0.39 is 12.2 Å². The molecule has 0 saturated carbocycles. The third-order valence-electron chi connectivity index (χ3n) is 6.07. The Hall–Kier alpha value is -3.02. The van der Waals surface area contributed by atoms with E-state index in [-0.39, 0.29) is 12.1 Å². The number of nitrogens with two attached hydrogens (primary N) is 2. The lowest BCUT2D eigenvalue weighted by molar-refractivity contribution is 0.157. The average Bonchev–Trinajstić information content (AvgIpc) is 2.84. The van der Waals surface area contributed by atoms with Gasteiger partial charge in [0.05, 0.1) is 12.2 Å². The largest absolute Gasteiger partial charge is 0.388 e. The van der Waals surface area contributed by atoms with Gasteiger partial charge in [-0.3, -0.25) is 0 Å². The first-order valence-electron chi connectivity index (χ1n) is 11.0. The van der Waals surface area contributed by atoms with Crippen molar-refractivity contribution < 1.29 is 10.2 Å². The Labute approximate surface area is 189 Å². The second kappa shape index (κ2) is 10.1. The summed E-state index contributed by atoms with van der Waals surface area (Å²) in [6.45, 7) is 0. The number of aliphatic hydroxyl groups excluding tert-OH is 2. The van der Waals surface area contributed by atoms with Gasteiger partial charge in [0, 0.05) is 12.1 Å². The van der Waals surface area contributed by atoms with Crippen LogP contribution in [0.3, 0.4) is 0 Å². The molecule has 0 fully saturated rings. The minimum atomic E-state index is -0.649. The van der Waals surface area contributed by atoms with Crippen molar-refractivity contribution in [3.05, 3.63) is 119 Å². The topological polar surface area (TPSA) is 92.5 Å². The summed E-state index contributed by atoms with van der Waals surface area (Å²) in [5.74, 6) is 0. The zero-order chi connectivity index (χ0) is 22.5. The Morgan fingerprint density at radius 1 is 0.500 bits per heavy atom. The molecule has 0 amide bonds. The second-order valence-corrected chi connectivity index (χ2v) is 8.40. The van der Waals surface area contributed by atoms with Crippen LogP contribution < -0.4 is 11.5 Å². The van der Waals surface area contributed by atoms with Crippen LogP contribution in [0.1, 0.15) is 59.4 Å². The third-order valence-corrected chi connectivity index (χ3v) is 6.07. The molecule has 0 aromatic heterocycles. The molecule has 0 saturated heterocycles. The van der Waals surface area contributed by atoms with Crippen LogP contribution in [0.2, 0.25) is 0 Å². The lowest BCUT2D eigenvalue weighted by Crippen LogP contribution is -2.14. The Morgan fingerprint density at radius 2 is 0.875 bits per heavy atom. The summed E-state index contributed by atoms with van der Waals surface area (Å²) in [6, 6.07) is 31.0. The summed E-state index contributed by atoms with van der Waals surface area (Å²) in [7, 11) is 0. The lowest BCUT2D eigenvalue weighted by Gasteiger charge is -2.19. The molecule has 6 N–H and O–H groups in total. The van der Waals surface area contributed by atoms with Crippen molar-refractivity contribution in [1.29, 1.82) is 0 Å². The van der Waals surface area contributed by atoms with E-state index in [0.29, 0.717) is 12.8 Å². The highest BCUT2D eigenvalue weighted by Crippen LogP contribution is 2.30. The maximum absolute atomic E-state index is 10.7. The first-order chi connectivity index (χ1) is 15.5. The average molecular weight is 427 g/mol. The number of aliphatic hydroxyl groups is 2. The van der Waals surface area contributed by atoms with Crippen LogP contribution in [0.5, 0.6) is 0 Å². The Bertz CT molecular complexity index is 1060. The van der Waals surface area contributed by atoms with Gasteiger partial charge in [-0.05, 0) is 58.0 Å². The first kappa shape index (κ1) is 22.2. The molecule has 32 heavy (non-hydrogen) atoms. The van der Waals surface area contributed by atoms with Crippen molar-refractivity contribution in [3.63, 3.8) is 0 Å². The van der Waals surface area contributed by atoms with E-state index in [4.69, 9.17) is 11.5 Å². The van der Waals surface area contributed by atoms with Gasteiger partial charge in [-0.1, -0.05) is 84.9 Å². The Morgan fingerprint density at radius 3 is 1.25 bits per heavy atom. The van der Waals surface area contributed by atoms with Crippen LogP contribution in [0.15, 0.2) is 97.1 Å². The van der Waals surface area contributed by atoms with Crippen LogP contribution in [0.25, 0.3) is 10.8 Å². The van der Waals surface area contributed by atoms with Crippen molar-refractivity contribution in [1.82, 2.24) is 0 Å². The number of fused-ring (bicyclic) bond motifs is 1. The molecule has 4 aromatic carbocycles. The van der Waals surface area contributed by atoms with Gasteiger partial charge < -0.3 is 21.7 Å². The maximum atomic E-state index is 10.7. The molecular weight excluding hydrogens is 396 g/mol. The summed E-state index contributed by atoms with van der Waals surface area (Å²) in [6.07, 6.45) is -0.402. The number of hydrogen-bond acceptors (Lipinski definition) is 4.